The number of nitrogens with one attached hydrogen (secondary N) is 1. The average Bonchev–Trinajstić information content (AvgIpc) is 3.69. The SMILES string of the molecule is CC#CC[C@H](CC(=O)[C@H](Cc1ccc(OC)cc1)NC(=O)[C@H](C)CC(=O)CN1CCOCC1)C(=O)[C@@]1(C)CO1. The van der Waals surface area contributed by atoms with Crippen LogP contribution < -0.4 is 10.1 Å². The van der Waals surface area contributed by atoms with Crippen molar-refractivity contribution < 1.29 is 33.4 Å². The van der Waals surface area contributed by atoms with Gasteiger partial charge in [0.2, 0.25) is 5.91 Å². The molecule has 1 aromatic carbocycles. The van der Waals surface area contributed by atoms with E-state index in [1.54, 1.807) is 40.0 Å². The summed E-state index contributed by atoms with van der Waals surface area (Å²) >= 11 is 0. The van der Waals surface area contributed by atoms with E-state index in [0.29, 0.717) is 38.7 Å². The van der Waals surface area contributed by atoms with Crippen LogP contribution >= 0.6 is 0 Å². The van der Waals surface area contributed by atoms with Crippen LogP contribution in [0.15, 0.2) is 24.3 Å². The van der Waals surface area contributed by atoms with E-state index in [4.69, 9.17) is 14.2 Å². The number of ketones is 3. The minimum absolute atomic E-state index is 0.0286. The number of amides is 1. The van der Waals surface area contributed by atoms with E-state index < -0.39 is 23.5 Å². The van der Waals surface area contributed by atoms with Crippen molar-refractivity contribution in [2.24, 2.45) is 11.8 Å². The van der Waals surface area contributed by atoms with Crippen LogP contribution in [0.3, 0.4) is 0 Å². The Balaban J connectivity index is 1.69. The quantitative estimate of drug-likeness (QED) is 0.265. The Labute approximate surface area is 230 Å². The smallest absolute Gasteiger partial charge is 0.223 e. The van der Waals surface area contributed by atoms with Crippen molar-refractivity contribution in [3.8, 4) is 17.6 Å². The Hall–Kier alpha value is -3.06. The fourth-order valence-electron chi connectivity index (χ4n) is 4.61. The van der Waals surface area contributed by atoms with Crippen molar-refractivity contribution in [2.45, 2.75) is 58.1 Å². The van der Waals surface area contributed by atoms with E-state index in [-0.39, 0.29) is 55.5 Å². The molecule has 2 fully saturated rings. The first kappa shape index (κ1) is 30.5. The van der Waals surface area contributed by atoms with Gasteiger partial charge in [-0.25, -0.2) is 0 Å². The van der Waals surface area contributed by atoms with Crippen LogP contribution in [0.2, 0.25) is 0 Å². The van der Waals surface area contributed by atoms with Gasteiger partial charge in [0, 0.05) is 44.2 Å². The minimum atomic E-state index is -0.871. The lowest BCUT2D eigenvalue weighted by Crippen LogP contribution is -2.46. The Kier molecular flexibility index (Phi) is 11.2. The van der Waals surface area contributed by atoms with E-state index >= 15 is 0 Å². The predicted octanol–water partition coefficient (Wildman–Crippen LogP) is 2.00. The Morgan fingerprint density at radius 3 is 2.38 bits per heavy atom. The number of hydrogen-bond donors (Lipinski definition) is 1. The van der Waals surface area contributed by atoms with Crippen LogP contribution in [0.4, 0.5) is 0 Å². The number of methoxy groups -OCH3 is 1. The lowest BCUT2D eigenvalue weighted by Gasteiger charge is -2.26. The molecule has 1 amide bonds. The molecular formula is C30H40N2O7. The summed E-state index contributed by atoms with van der Waals surface area (Å²) < 4.78 is 15.9. The second-order valence-electron chi connectivity index (χ2n) is 10.5. The van der Waals surface area contributed by atoms with Gasteiger partial charge in [-0.2, -0.15) is 0 Å². The third kappa shape index (κ3) is 9.27. The van der Waals surface area contributed by atoms with Crippen molar-refractivity contribution in [2.75, 3.05) is 46.6 Å². The second-order valence-corrected chi connectivity index (χ2v) is 10.5. The van der Waals surface area contributed by atoms with E-state index in [2.05, 4.69) is 17.2 Å². The molecule has 1 aromatic rings. The van der Waals surface area contributed by atoms with Crippen LogP contribution in [0.1, 0.15) is 45.6 Å². The van der Waals surface area contributed by atoms with Gasteiger partial charge in [0.05, 0.1) is 39.5 Å². The summed E-state index contributed by atoms with van der Waals surface area (Å²) in [7, 11) is 1.57. The molecule has 0 aliphatic carbocycles. The van der Waals surface area contributed by atoms with E-state index in [9.17, 15) is 19.2 Å². The maximum atomic E-state index is 13.6. The molecule has 2 aliphatic heterocycles. The van der Waals surface area contributed by atoms with Gasteiger partial charge >= 0.3 is 0 Å². The molecule has 4 atom stereocenters. The lowest BCUT2D eigenvalue weighted by atomic mass is 9.85. The summed E-state index contributed by atoms with van der Waals surface area (Å²) in [5.41, 5.74) is -0.0380. The Morgan fingerprint density at radius 1 is 1.13 bits per heavy atom. The summed E-state index contributed by atoms with van der Waals surface area (Å²) in [5.74, 6) is 4.37. The molecule has 0 saturated carbocycles. The largest absolute Gasteiger partial charge is 0.497 e. The van der Waals surface area contributed by atoms with Crippen LogP contribution in [0.5, 0.6) is 5.75 Å². The summed E-state index contributed by atoms with van der Waals surface area (Å²) in [6.07, 6.45) is 0.514. The van der Waals surface area contributed by atoms with Gasteiger partial charge in [0.25, 0.3) is 0 Å². The van der Waals surface area contributed by atoms with Gasteiger partial charge in [-0.05, 0) is 38.0 Å². The normalized spacial score (nSPS) is 21.0. The number of epoxide rings is 1. The zero-order valence-electron chi connectivity index (χ0n) is 23.4. The highest BCUT2D eigenvalue weighted by atomic mass is 16.6. The monoisotopic (exact) mass is 540 g/mol. The highest BCUT2D eigenvalue weighted by Gasteiger charge is 2.49. The predicted molar refractivity (Wildman–Crippen MR) is 145 cm³/mol. The minimum Gasteiger partial charge on any atom is -0.497 e. The molecule has 0 spiro atoms. The van der Waals surface area contributed by atoms with E-state index in [0.717, 1.165) is 5.56 Å². The van der Waals surface area contributed by atoms with Gasteiger partial charge in [0.1, 0.15) is 17.1 Å². The molecule has 9 heteroatoms. The fourth-order valence-corrected chi connectivity index (χ4v) is 4.61. The fraction of sp³-hybridized carbons (Fsp3) is 0.600. The van der Waals surface area contributed by atoms with Crippen LogP contribution in [0.25, 0.3) is 0 Å². The number of carbonyl (C=O) groups is 4. The molecule has 2 aliphatic rings. The van der Waals surface area contributed by atoms with Crippen molar-refractivity contribution in [3.63, 3.8) is 0 Å². The zero-order valence-corrected chi connectivity index (χ0v) is 23.4. The number of rotatable bonds is 15. The van der Waals surface area contributed by atoms with Gasteiger partial charge < -0.3 is 19.5 Å². The van der Waals surface area contributed by atoms with Crippen LogP contribution in [-0.2, 0) is 35.1 Å². The molecule has 39 heavy (non-hydrogen) atoms. The molecule has 3 rings (SSSR count). The van der Waals surface area contributed by atoms with Gasteiger partial charge in [0.15, 0.2) is 11.6 Å². The third-order valence-electron chi connectivity index (χ3n) is 7.23. The number of benzene rings is 1. The molecule has 9 nitrogen and oxygen atoms in total. The topological polar surface area (TPSA) is 115 Å². The molecular weight excluding hydrogens is 500 g/mol. The molecule has 1 N–H and O–H groups in total. The Morgan fingerprint density at radius 2 is 1.79 bits per heavy atom. The standard InChI is InChI=1S/C30H40N2O7/c1-5-6-7-23(28(35)30(3)20-39-30)18-27(34)26(17-22-8-10-25(37-4)11-9-22)31-29(36)21(2)16-24(33)19-32-12-14-38-15-13-32/h8-11,21,23,26H,7,12-20H2,1-4H3,(H,31,36)/t21-,23-,26+,30-/m1/s1. The summed E-state index contributed by atoms with van der Waals surface area (Å²) in [4.78, 5) is 54.4. The third-order valence-corrected chi connectivity index (χ3v) is 7.23. The van der Waals surface area contributed by atoms with Crippen molar-refractivity contribution in [1.29, 1.82) is 0 Å². The lowest BCUT2D eigenvalue weighted by molar-refractivity contribution is -0.134. The molecule has 0 unspecified atom stereocenters. The highest BCUT2D eigenvalue weighted by Crippen LogP contribution is 2.32. The number of Topliss-reactive ketones (excluding diaryl/α,β-unsaturated/α-hetero) is 3. The van der Waals surface area contributed by atoms with Crippen molar-refractivity contribution in [3.05, 3.63) is 29.8 Å². The first-order valence-corrected chi connectivity index (χ1v) is 13.5. The molecule has 2 heterocycles. The van der Waals surface area contributed by atoms with Crippen LogP contribution in [0, 0.1) is 23.7 Å². The van der Waals surface area contributed by atoms with Crippen LogP contribution in [-0.4, -0.2) is 86.4 Å². The molecule has 0 radical (unpaired) electrons. The average molecular weight is 541 g/mol. The first-order chi connectivity index (χ1) is 18.6. The molecule has 0 bridgehead atoms. The first-order valence-electron chi connectivity index (χ1n) is 13.5. The number of ether oxygens (including phenoxy) is 3. The van der Waals surface area contributed by atoms with Gasteiger partial charge in [-0.1, -0.05) is 19.1 Å². The maximum Gasteiger partial charge on any atom is 0.223 e. The van der Waals surface area contributed by atoms with Crippen molar-refractivity contribution in [1.82, 2.24) is 10.2 Å². The molecule has 212 valence electrons. The number of morpholine rings is 1. The zero-order chi connectivity index (χ0) is 28.4. The summed E-state index contributed by atoms with van der Waals surface area (Å²) in [6.45, 7) is 8.28. The second kappa shape index (κ2) is 14.4. The summed E-state index contributed by atoms with van der Waals surface area (Å²) in [5, 5.41) is 2.87. The number of nitrogens with zero attached hydrogens (tertiary/aromatic N) is 1. The van der Waals surface area contributed by atoms with E-state index in [1.165, 1.54) is 0 Å². The van der Waals surface area contributed by atoms with E-state index in [1.807, 2.05) is 17.0 Å². The maximum absolute atomic E-state index is 13.6. The van der Waals surface area contributed by atoms with Gasteiger partial charge in [-0.15, -0.1) is 11.8 Å². The van der Waals surface area contributed by atoms with Crippen molar-refractivity contribution >= 4 is 23.3 Å². The molecule has 2 saturated heterocycles. The molecule has 0 aromatic heterocycles. The number of hydrogen-bond acceptors (Lipinski definition) is 8. The summed E-state index contributed by atoms with van der Waals surface area (Å²) in [6, 6.07) is 6.40. The number of carbonyl (C=O) groups excluding carboxylic acids is 4. The Bertz CT molecular complexity index is 1080. The highest BCUT2D eigenvalue weighted by molar-refractivity contribution is 5.97. The van der Waals surface area contributed by atoms with Gasteiger partial charge in [-0.3, -0.25) is 24.1 Å².